The first-order valence-electron chi connectivity index (χ1n) is 6.15. The number of aromatic amines is 1. The van der Waals surface area contributed by atoms with Gasteiger partial charge < -0.3 is 15.0 Å². The smallest absolute Gasteiger partial charge is 0.267 e. The first-order valence-corrected chi connectivity index (χ1v) is 6.15. The Hall–Kier alpha value is -1.62. The molecular formula is C13H20N2O3. The molecule has 0 unspecified atom stereocenters. The van der Waals surface area contributed by atoms with Crippen molar-refractivity contribution in [2.45, 2.75) is 20.3 Å². The molecule has 0 fully saturated rings. The predicted molar refractivity (Wildman–Crippen MR) is 69.7 cm³/mol. The van der Waals surface area contributed by atoms with Gasteiger partial charge in [-0.15, -0.1) is 0 Å². The molecule has 0 aliphatic heterocycles. The third-order valence-electron chi connectivity index (χ3n) is 2.22. The molecule has 0 saturated carbocycles. The highest BCUT2D eigenvalue weighted by molar-refractivity contribution is 5.92. The van der Waals surface area contributed by atoms with Crippen LogP contribution in [0.25, 0.3) is 0 Å². The highest BCUT2D eigenvalue weighted by Gasteiger charge is 2.04. The van der Waals surface area contributed by atoms with Gasteiger partial charge >= 0.3 is 0 Å². The first kappa shape index (κ1) is 14.4. The number of carbonyl (C=O) groups is 1. The third-order valence-corrected chi connectivity index (χ3v) is 2.22. The molecule has 0 atom stereocenters. The van der Waals surface area contributed by atoms with Crippen LogP contribution in [0.2, 0.25) is 0 Å². The Kier molecular flexibility index (Phi) is 6.14. The summed E-state index contributed by atoms with van der Waals surface area (Å²) in [7, 11) is 0. The van der Waals surface area contributed by atoms with Crippen LogP contribution < -0.4 is 10.9 Å². The van der Waals surface area contributed by atoms with E-state index in [2.05, 4.69) is 24.1 Å². The first-order chi connectivity index (χ1) is 8.59. The van der Waals surface area contributed by atoms with Crippen molar-refractivity contribution < 1.29 is 9.53 Å². The van der Waals surface area contributed by atoms with E-state index < -0.39 is 0 Å². The number of hydrogen-bond donors (Lipinski definition) is 2. The van der Waals surface area contributed by atoms with E-state index in [0.717, 1.165) is 13.0 Å². The van der Waals surface area contributed by atoms with Crippen molar-refractivity contribution in [3.05, 3.63) is 34.2 Å². The minimum absolute atomic E-state index is 0.267. The second kappa shape index (κ2) is 7.66. The van der Waals surface area contributed by atoms with Crippen molar-refractivity contribution in [1.82, 2.24) is 10.3 Å². The molecule has 0 radical (unpaired) electrons. The SMILES string of the molecule is CC(C)COCCCNC(=O)c1cccc(=O)[nH]1. The highest BCUT2D eigenvalue weighted by atomic mass is 16.5. The Bertz CT molecular complexity index is 426. The standard InChI is InChI=1S/C13H20N2O3/c1-10(2)9-18-8-4-7-14-13(17)11-5-3-6-12(16)15-11/h3,5-6,10H,4,7-9H2,1-2H3,(H,14,17)(H,15,16). The summed E-state index contributed by atoms with van der Waals surface area (Å²) in [5.41, 5.74) is 0.00788. The van der Waals surface area contributed by atoms with Crippen molar-refractivity contribution in [3.63, 3.8) is 0 Å². The van der Waals surface area contributed by atoms with Gasteiger partial charge in [0.25, 0.3) is 5.91 Å². The minimum Gasteiger partial charge on any atom is -0.381 e. The van der Waals surface area contributed by atoms with Crippen LogP contribution in [0.5, 0.6) is 0 Å². The molecule has 0 spiro atoms. The Balaban J connectivity index is 2.20. The second-order valence-electron chi connectivity index (χ2n) is 4.51. The van der Waals surface area contributed by atoms with E-state index in [1.807, 2.05) is 0 Å². The van der Waals surface area contributed by atoms with Gasteiger partial charge in [0.1, 0.15) is 5.69 Å². The fourth-order valence-corrected chi connectivity index (χ4v) is 1.37. The van der Waals surface area contributed by atoms with Gasteiger partial charge in [0.2, 0.25) is 5.56 Å². The zero-order valence-corrected chi connectivity index (χ0v) is 10.9. The van der Waals surface area contributed by atoms with E-state index >= 15 is 0 Å². The van der Waals surface area contributed by atoms with E-state index in [0.29, 0.717) is 19.1 Å². The largest absolute Gasteiger partial charge is 0.381 e. The molecule has 18 heavy (non-hydrogen) atoms. The van der Waals surface area contributed by atoms with Gasteiger partial charge in [-0.1, -0.05) is 19.9 Å². The molecule has 1 heterocycles. The molecule has 1 aromatic rings. The molecule has 1 amide bonds. The Morgan fingerprint density at radius 2 is 2.22 bits per heavy atom. The Morgan fingerprint density at radius 3 is 2.89 bits per heavy atom. The van der Waals surface area contributed by atoms with E-state index in [9.17, 15) is 9.59 Å². The van der Waals surface area contributed by atoms with E-state index in [4.69, 9.17) is 4.74 Å². The van der Waals surface area contributed by atoms with Crippen molar-refractivity contribution >= 4 is 5.91 Å². The molecule has 1 aromatic heterocycles. The van der Waals surface area contributed by atoms with Crippen LogP contribution in [-0.2, 0) is 4.74 Å². The molecule has 5 nitrogen and oxygen atoms in total. The van der Waals surface area contributed by atoms with Crippen molar-refractivity contribution in [2.75, 3.05) is 19.8 Å². The van der Waals surface area contributed by atoms with Gasteiger partial charge in [-0.25, -0.2) is 0 Å². The fraction of sp³-hybridized carbons (Fsp3) is 0.538. The summed E-state index contributed by atoms with van der Waals surface area (Å²) in [6.45, 7) is 6.08. The topological polar surface area (TPSA) is 71.2 Å². The average molecular weight is 252 g/mol. The maximum absolute atomic E-state index is 11.6. The normalized spacial score (nSPS) is 10.6. The molecular weight excluding hydrogens is 232 g/mol. The summed E-state index contributed by atoms with van der Waals surface area (Å²) < 4.78 is 5.39. The van der Waals surface area contributed by atoms with Crippen LogP contribution in [0.3, 0.4) is 0 Å². The number of amides is 1. The number of rotatable bonds is 7. The number of carbonyl (C=O) groups excluding carboxylic acids is 1. The quantitative estimate of drug-likeness (QED) is 0.715. The minimum atomic E-state index is -0.275. The summed E-state index contributed by atoms with van der Waals surface area (Å²) in [5.74, 6) is 0.255. The molecule has 0 aromatic carbocycles. The summed E-state index contributed by atoms with van der Waals surface area (Å²) in [4.78, 5) is 25.1. The van der Waals surface area contributed by atoms with Crippen LogP contribution in [0, 0.1) is 5.92 Å². The summed E-state index contributed by atoms with van der Waals surface area (Å²) in [6.07, 6.45) is 0.759. The van der Waals surface area contributed by atoms with Crippen LogP contribution in [0.1, 0.15) is 30.8 Å². The van der Waals surface area contributed by atoms with Crippen molar-refractivity contribution in [3.8, 4) is 0 Å². The predicted octanol–water partition coefficient (Wildman–Crippen LogP) is 1.17. The molecule has 0 saturated heterocycles. The average Bonchev–Trinajstić information content (AvgIpc) is 2.33. The molecule has 2 N–H and O–H groups in total. The molecule has 1 rings (SSSR count). The lowest BCUT2D eigenvalue weighted by atomic mass is 10.2. The highest BCUT2D eigenvalue weighted by Crippen LogP contribution is 1.93. The third kappa shape index (κ3) is 5.63. The zero-order valence-electron chi connectivity index (χ0n) is 10.9. The van der Waals surface area contributed by atoms with E-state index in [1.165, 1.54) is 6.07 Å². The van der Waals surface area contributed by atoms with Gasteiger partial charge in [0, 0.05) is 25.8 Å². The van der Waals surface area contributed by atoms with Crippen LogP contribution in [-0.4, -0.2) is 30.6 Å². The Morgan fingerprint density at radius 1 is 1.44 bits per heavy atom. The molecule has 0 aliphatic rings. The second-order valence-corrected chi connectivity index (χ2v) is 4.51. The number of ether oxygens (including phenoxy) is 1. The number of hydrogen-bond acceptors (Lipinski definition) is 3. The molecule has 0 bridgehead atoms. The molecule has 0 aliphatic carbocycles. The number of aromatic nitrogens is 1. The van der Waals surface area contributed by atoms with Crippen molar-refractivity contribution in [1.29, 1.82) is 0 Å². The maximum Gasteiger partial charge on any atom is 0.267 e. The zero-order chi connectivity index (χ0) is 13.4. The summed E-state index contributed by atoms with van der Waals surface area (Å²) in [5, 5.41) is 2.73. The van der Waals surface area contributed by atoms with Gasteiger partial charge in [-0.05, 0) is 18.4 Å². The van der Waals surface area contributed by atoms with Crippen LogP contribution in [0.4, 0.5) is 0 Å². The van der Waals surface area contributed by atoms with E-state index in [1.54, 1.807) is 12.1 Å². The van der Waals surface area contributed by atoms with Gasteiger partial charge in [0.05, 0.1) is 0 Å². The number of H-pyrrole nitrogens is 1. The molecule has 5 heteroatoms. The monoisotopic (exact) mass is 252 g/mol. The summed E-state index contributed by atoms with van der Waals surface area (Å²) in [6, 6.07) is 4.50. The van der Waals surface area contributed by atoms with Gasteiger partial charge in [-0.3, -0.25) is 9.59 Å². The van der Waals surface area contributed by atoms with Crippen LogP contribution in [0.15, 0.2) is 23.0 Å². The van der Waals surface area contributed by atoms with Gasteiger partial charge in [0.15, 0.2) is 0 Å². The summed E-state index contributed by atoms with van der Waals surface area (Å²) >= 11 is 0. The van der Waals surface area contributed by atoms with E-state index in [-0.39, 0.29) is 17.2 Å². The van der Waals surface area contributed by atoms with Gasteiger partial charge in [-0.2, -0.15) is 0 Å². The van der Waals surface area contributed by atoms with Crippen LogP contribution >= 0.6 is 0 Å². The van der Waals surface area contributed by atoms with Crippen molar-refractivity contribution in [2.24, 2.45) is 5.92 Å². The maximum atomic E-state index is 11.6. The Labute approximate surface area is 107 Å². The number of pyridine rings is 1. The fourth-order valence-electron chi connectivity index (χ4n) is 1.37. The lowest BCUT2D eigenvalue weighted by molar-refractivity contribution is 0.0920. The lowest BCUT2D eigenvalue weighted by Gasteiger charge is -2.07. The molecule has 100 valence electrons. The lowest BCUT2D eigenvalue weighted by Crippen LogP contribution is -2.27. The number of nitrogens with one attached hydrogen (secondary N) is 2.